The van der Waals surface area contributed by atoms with Gasteiger partial charge >= 0.3 is 6.15 Å². The van der Waals surface area contributed by atoms with Gasteiger partial charge in [0.15, 0.2) is 5.65 Å². The van der Waals surface area contributed by atoms with Gasteiger partial charge in [-0.25, -0.2) is 14.6 Å². The van der Waals surface area contributed by atoms with E-state index in [1.165, 1.54) is 51.6 Å². The zero-order valence-corrected chi connectivity index (χ0v) is 32.8. The van der Waals surface area contributed by atoms with Crippen LogP contribution in [0.15, 0.2) is 24.4 Å². The smallest absolute Gasteiger partial charge is 0.355 e. The SMILES string of the molecule is CC(=O)C1CNCCC1N1CCC[C@H]1C.Cc1nn([C@H](C)c2ccc(Cl)cc2Cl)c2nc(N3CCC(N4CCC[C@H]4C)CC3)cnc12.Cl.O=C=O. The molecule has 1 N–H and O–H groups in total. The van der Waals surface area contributed by atoms with E-state index >= 15 is 0 Å². The Morgan fingerprint density at radius 1 is 0.980 bits per heavy atom. The maximum absolute atomic E-state index is 11.6. The normalized spacial score (nSPS) is 24.9. The lowest BCUT2D eigenvalue weighted by Gasteiger charge is -2.39. The van der Waals surface area contributed by atoms with Crippen molar-refractivity contribution in [2.45, 2.75) is 110 Å². The van der Waals surface area contributed by atoms with Crippen LogP contribution in [0.1, 0.15) is 89.9 Å². The number of halogens is 3. The molecule has 11 nitrogen and oxygen atoms in total. The number of hydrogen-bond acceptors (Lipinski definition) is 10. The molecule has 0 amide bonds. The van der Waals surface area contributed by atoms with Gasteiger partial charge in [0.1, 0.15) is 17.1 Å². The number of anilines is 1. The second kappa shape index (κ2) is 18.9. The van der Waals surface area contributed by atoms with Gasteiger partial charge < -0.3 is 10.2 Å². The number of carbonyl (C=O) groups excluding carboxylic acids is 3. The number of piperidine rings is 2. The van der Waals surface area contributed by atoms with E-state index in [1.807, 2.05) is 29.9 Å². The Labute approximate surface area is 318 Å². The van der Waals surface area contributed by atoms with Crippen LogP contribution in [0.3, 0.4) is 0 Å². The molecule has 0 aliphatic carbocycles. The van der Waals surface area contributed by atoms with E-state index in [1.54, 1.807) is 13.0 Å². The summed E-state index contributed by atoms with van der Waals surface area (Å²) in [5.41, 5.74) is 3.48. The fourth-order valence-electron chi connectivity index (χ4n) is 8.47. The molecular formula is C37H53Cl3N8O3. The van der Waals surface area contributed by atoms with Gasteiger partial charge in [-0.3, -0.25) is 14.6 Å². The van der Waals surface area contributed by atoms with Crippen molar-refractivity contribution in [3.8, 4) is 0 Å². The summed E-state index contributed by atoms with van der Waals surface area (Å²) in [5.74, 6) is 1.51. The van der Waals surface area contributed by atoms with Crippen LogP contribution in [0, 0.1) is 12.8 Å². The first kappa shape index (κ1) is 41.1. The van der Waals surface area contributed by atoms with Gasteiger partial charge in [0.05, 0.1) is 17.9 Å². The quantitative estimate of drug-likeness (QED) is 0.303. The molecule has 0 spiro atoms. The highest BCUT2D eigenvalue weighted by molar-refractivity contribution is 6.35. The summed E-state index contributed by atoms with van der Waals surface area (Å²) in [7, 11) is 0. The molecule has 4 aliphatic rings. The monoisotopic (exact) mass is 762 g/mol. The van der Waals surface area contributed by atoms with Crippen molar-refractivity contribution in [1.29, 1.82) is 0 Å². The predicted molar refractivity (Wildman–Crippen MR) is 204 cm³/mol. The van der Waals surface area contributed by atoms with Crippen LogP contribution in [0.2, 0.25) is 10.0 Å². The van der Waals surface area contributed by atoms with E-state index in [4.69, 9.17) is 47.9 Å². The second-order valence-electron chi connectivity index (χ2n) is 14.3. The van der Waals surface area contributed by atoms with E-state index in [9.17, 15) is 4.79 Å². The summed E-state index contributed by atoms with van der Waals surface area (Å²) in [4.78, 5) is 45.3. The Kier molecular flexibility index (Phi) is 15.3. The van der Waals surface area contributed by atoms with Crippen LogP contribution in [-0.2, 0) is 14.4 Å². The highest BCUT2D eigenvalue weighted by Gasteiger charge is 2.37. The minimum absolute atomic E-state index is 0. The number of fused-ring (bicyclic) bond motifs is 1. The number of aromatic nitrogens is 4. The fraction of sp³-hybridized carbons (Fsp3) is 0.649. The number of likely N-dealkylation sites (tertiary alicyclic amines) is 2. The molecule has 280 valence electrons. The summed E-state index contributed by atoms with van der Waals surface area (Å²) in [6.45, 7) is 16.9. The van der Waals surface area contributed by atoms with Crippen LogP contribution in [0.5, 0.6) is 0 Å². The zero-order valence-electron chi connectivity index (χ0n) is 30.5. The molecule has 1 aromatic carbocycles. The van der Waals surface area contributed by atoms with Gasteiger partial charge in [-0.1, -0.05) is 29.3 Å². The van der Waals surface area contributed by atoms with Gasteiger partial charge in [-0.05, 0) is 117 Å². The summed E-state index contributed by atoms with van der Waals surface area (Å²) >= 11 is 12.6. The minimum atomic E-state index is -0.0806. The van der Waals surface area contributed by atoms with Gasteiger partial charge in [-0.15, -0.1) is 12.4 Å². The van der Waals surface area contributed by atoms with E-state index in [0.717, 1.165) is 66.9 Å². The van der Waals surface area contributed by atoms with E-state index in [2.05, 4.69) is 40.8 Å². The number of benzene rings is 1. The van der Waals surface area contributed by atoms with Crippen molar-refractivity contribution < 1.29 is 14.4 Å². The van der Waals surface area contributed by atoms with Gasteiger partial charge in [0.25, 0.3) is 0 Å². The van der Waals surface area contributed by atoms with Gasteiger partial charge in [0.2, 0.25) is 0 Å². The van der Waals surface area contributed by atoms with Crippen molar-refractivity contribution in [1.82, 2.24) is 34.9 Å². The summed E-state index contributed by atoms with van der Waals surface area (Å²) in [5, 5.41) is 9.36. The molecule has 5 atom stereocenters. The molecule has 4 fully saturated rings. The third kappa shape index (κ3) is 9.68. The number of aryl methyl sites for hydroxylation is 1. The minimum Gasteiger partial charge on any atom is -0.355 e. The molecule has 7 rings (SSSR count). The maximum atomic E-state index is 11.6. The molecule has 6 heterocycles. The number of nitrogens with zero attached hydrogens (tertiary/aromatic N) is 7. The molecule has 0 bridgehead atoms. The van der Waals surface area contributed by atoms with Gasteiger partial charge in [0, 0.05) is 59.8 Å². The molecule has 4 aliphatic heterocycles. The average molecular weight is 764 g/mol. The number of rotatable bonds is 6. The van der Waals surface area contributed by atoms with Crippen molar-refractivity contribution in [3.05, 3.63) is 45.7 Å². The Balaban J connectivity index is 0.000000257. The standard InChI is InChI=1S/C24H30Cl2N6.C12H22N2O.CO2.ClH/c1-15-5-4-10-31(15)19-8-11-30(12-9-19)22-14-27-23-16(2)29-32(24(23)28-22)17(3)20-7-6-18(25)13-21(20)26;1-9-4-3-7-14(9)12-5-6-13-8-11(12)10(2)15;2-1-3;/h6-7,13-15,17,19H,4-5,8-12H2,1-3H3;9,11-13H,3-8H2,1-2H3;;1H/t15-,17-;9-,11?,12?;;/m11../s1. The van der Waals surface area contributed by atoms with Crippen molar-refractivity contribution in [2.24, 2.45) is 5.92 Å². The number of nitrogens with one attached hydrogen (secondary N) is 1. The first-order valence-corrected chi connectivity index (χ1v) is 18.9. The number of Topliss-reactive ketones (excluding diaryl/α,β-unsaturated/α-hetero) is 1. The lowest BCUT2D eigenvalue weighted by atomic mass is 9.88. The maximum Gasteiger partial charge on any atom is 0.373 e. The number of hydrogen-bond donors (Lipinski definition) is 1. The summed E-state index contributed by atoms with van der Waals surface area (Å²) < 4.78 is 1.94. The largest absolute Gasteiger partial charge is 0.373 e. The number of carbonyl (C=O) groups is 1. The lowest BCUT2D eigenvalue weighted by Crippen LogP contribution is -2.52. The molecular weight excluding hydrogens is 711 g/mol. The van der Waals surface area contributed by atoms with Crippen LogP contribution < -0.4 is 10.2 Å². The van der Waals surface area contributed by atoms with Crippen LogP contribution in [0.4, 0.5) is 5.82 Å². The predicted octanol–water partition coefficient (Wildman–Crippen LogP) is 6.38. The highest BCUT2D eigenvalue weighted by atomic mass is 35.5. The molecule has 3 aromatic rings. The Hall–Kier alpha value is -2.63. The van der Waals surface area contributed by atoms with Crippen molar-refractivity contribution in [2.75, 3.05) is 44.2 Å². The summed E-state index contributed by atoms with van der Waals surface area (Å²) in [6.07, 6.45) is 10.9. The molecule has 0 radical (unpaired) electrons. The molecule has 2 unspecified atom stereocenters. The van der Waals surface area contributed by atoms with E-state index in [-0.39, 0.29) is 30.5 Å². The molecule has 14 heteroatoms. The fourth-order valence-corrected chi connectivity index (χ4v) is 9.03. The van der Waals surface area contributed by atoms with E-state index in [0.29, 0.717) is 34.0 Å². The van der Waals surface area contributed by atoms with Crippen molar-refractivity contribution in [3.63, 3.8) is 0 Å². The Bertz CT molecular complexity index is 1640. The lowest BCUT2D eigenvalue weighted by molar-refractivity contribution is -0.191. The van der Waals surface area contributed by atoms with E-state index < -0.39 is 0 Å². The highest BCUT2D eigenvalue weighted by Crippen LogP contribution is 2.32. The third-order valence-electron chi connectivity index (χ3n) is 11.2. The van der Waals surface area contributed by atoms with Gasteiger partial charge in [-0.2, -0.15) is 14.7 Å². The second-order valence-corrected chi connectivity index (χ2v) is 15.2. The Morgan fingerprint density at radius 2 is 1.63 bits per heavy atom. The first-order valence-electron chi connectivity index (χ1n) is 18.2. The summed E-state index contributed by atoms with van der Waals surface area (Å²) in [6, 6.07) is 8.11. The Morgan fingerprint density at radius 3 is 2.22 bits per heavy atom. The van der Waals surface area contributed by atoms with Crippen molar-refractivity contribution >= 4 is 64.5 Å². The van der Waals surface area contributed by atoms with Crippen LogP contribution in [0.25, 0.3) is 11.2 Å². The topological polar surface area (TPSA) is 117 Å². The average Bonchev–Trinajstić information content (AvgIpc) is 3.83. The third-order valence-corrected chi connectivity index (χ3v) is 11.8. The van der Waals surface area contributed by atoms with Crippen LogP contribution in [-0.4, -0.2) is 105 Å². The molecule has 2 aromatic heterocycles. The molecule has 51 heavy (non-hydrogen) atoms. The number of ketones is 1. The molecule has 0 saturated carbocycles. The van der Waals surface area contributed by atoms with Crippen LogP contribution >= 0.6 is 35.6 Å². The molecule has 4 saturated heterocycles. The first-order chi connectivity index (χ1) is 24.0. The zero-order chi connectivity index (χ0) is 35.9.